The lowest BCUT2D eigenvalue weighted by molar-refractivity contribution is -0.184. The molecule has 106 valence electrons. The third-order valence-corrected chi connectivity index (χ3v) is 3.26. The topological polar surface area (TPSA) is 15.3 Å². The van der Waals surface area contributed by atoms with E-state index in [2.05, 4.69) is 30.6 Å². The van der Waals surface area contributed by atoms with Gasteiger partial charge in [0.05, 0.1) is 5.92 Å². The van der Waals surface area contributed by atoms with E-state index in [0.717, 1.165) is 12.1 Å². The van der Waals surface area contributed by atoms with Crippen LogP contribution in [0.25, 0.3) is 0 Å². The summed E-state index contributed by atoms with van der Waals surface area (Å²) < 4.78 is 37.5. The van der Waals surface area contributed by atoms with Crippen LogP contribution in [0.4, 0.5) is 13.2 Å². The minimum atomic E-state index is -4.03. The Hall–Kier alpha value is -0.550. The number of hydrogen-bond acceptors (Lipinski definition) is 2. The van der Waals surface area contributed by atoms with Crippen LogP contribution >= 0.6 is 0 Å². The number of hydrogen-bond donors (Lipinski definition) is 1. The van der Waals surface area contributed by atoms with Crippen LogP contribution in [-0.2, 0) is 0 Å². The lowest BCUT2D eigenvalue weighted by Gasteiger charge is -2.33. The van der Waals surface area contributed by atoms with Crippen LogP contribution in [0.5, 0.6) is 0 Å². The first kappa shape index (κ1) is 15.5. The zero-order chi connectivity index (χ0) is 13.8. The van der Waals surface area contributed by atoms with E-state index in [9.17, 15) is 13.2 Å². The van der Waals surface area contributed by atoms with E-state index in [1.54, 1.807) is 0 Å². The molecule has 0 amide bonds. The minimum Gasteiger partial charge on any atom is -0.311 e. The Morgan fingerprint density at radius 3 is 2.33 bits per heavy atom. The second kappa shape index (κ2) is 6.57. The maximum atomic E-state index is 12.5. The van der Waals surface area contributed by atoms with Crippen molar-refractivity contribution in [2.75, 3.05) is 26.2 Å². The maximum Gasteiger partial charge on any atom is 0.391 e. The summed E-state index contributed by atoms with van der Waals surface area (Å²) in [5.74, 6) is -1.11. The second-order valence-corrected chi connectivity index (χ2v) is 5.38. The molecule has 1 fully saturated rings. The molecule has 1 saturated heterocycles. The summed E-state index contributed by atoms with van der Waals surface area (Å²) in [6, 6.07) is 0.401. The molecule has 0 saturated carbocycles. The molecule has 0 aromatic rings. The Kier molecular flexibility index (Phi) is 5.66. The fourth-order valence-electron chi connectivity index (χ4n) is 2.14. The highest BCUT2D eigenvalue weighted by Crippen LogP contribution is 2.34. The van der Waals surface area contributed by atoms with Crippen molar-refractivity contribution in [3.05, 3.63) is 12.2 Å². The van der Waals surface area contributed by atoms with Crippen LogP contribution in [0, 0.1) is 5.92 Å². The van der Waals surface area contributed by atoms with Gasteiger partial charge >= 0.3 is 6.18 Å². The number of rotatable bonds is 5. The first-order chi connectivity index (χ1) is 8.29. The largest absolute Gasteiger partial charge is 0.391 e. The van der Waals surface area contributed by atoms with Crippen molar-refractivity contribution in [1.82, 2.24) is 10.2 Å². The monoisotopic (exact) mass is 264 g/mol. The second-order valence-electron chi connectivity index (χ2n) is 5.38. The molecular formula is C13H23F3N2. The molecule has 5 heteroatoms. The third-order valence-electron chi connectivity index (χ3n) is 3.26. The molecule has 0 radical (unpaired) electrons. The van der Waals surface area contributed by atoms with Crippen LogP contribution in [0.15, 0.2) is 12.2 Å². The van der Waals surface area contributed by atoms with Crippen molar-refractivity contribution in [2.45, 2.75) is 38.9 Å². The van der Waals surface area contributed by atoms with Gasteiger partial charge in [-0.2, -0.15) is 13.2 Å². The van der Waals surface area contributed by atoms with Gasteiger partial charge in [-0.25, -0.2) is 0 Å². The molecule has 1 aliphatic rings. The van der Waals surface area contributed by atoms with Crippen molar-refractivity contribution >= 4 is 0 Å². The minimum absolute atomic E-state index is 0.217. The van der Waals surface area contributed by atoms with E-state index >= 15 is 0 Å². The molecule has 1 N–H and O–H groups in total. The predicted octanol–water partition coefficient (Wildman–Crippen LogP) is 2.81. The van der Waals surface area contributed by atoms with Gasteiger partial charge in [0, 0.05) is 19.1 Å². The lowest BCUT2D eigenvalue weighted by Crippen LogP contribution is -2.40. The molecule has 0 spiro atoms. The molecule has 0 aliphatic carbocycles. The Morgan fingerprint density at radius 1 is 1.33 bits per heavy atom. The SMILES string of the molecule is C=C(CNC(C)C)CN1CCC(C(F)(F)F)CC1. The standard InChI is InChI=1S/C13H23F3N2/c1-10(2)17-8-11(3)9-18-6-4-12(5-7-18)13(14,15)16/h10,12,17H,3-9H2,1-2H3. The molecule has 1 rings (SSSR count). The Bertz CT molecular complexity index is 266. The predicted molar refractivity (Wildman–Crippen MR) is 67.5 cm³/mol. The van der Waals surface area contributed by atoms with Crippen molar-refractivity contribution in [2.24, 2.45) is 5.92 Å². The normalized spacial score (nSPS) is 19.4. The molecule has 2 nitrogen and oxygen atoms in total. The molecule has 0 aromatic heterocycles. The van der Waals surface area contributed by atoms with Gasteiger partial charge in [0.25, 0.3) is 0 Å². The first-order valence-corrected chi connectivity index (χ1v) is 6.48. The Balaban J connectivity index is 2.25. The maximum absolute atomic E-state index is 12.5. The van der Waals surface area contributed by atoms with Crippen LogP contribution in [0.1, 0.15) is 26.7 Å². The van der Waals surface area contributed by atoms with Crippen molar-refractivity contribution < 1.29 is 13.2 Å². The number of alkyl halides is 3. The van der Waals surface area contributed by atoms with E-state index in [4.69, 9.17) is 0 Å². The average Bonchev–Trinajstić information content (AvgIpc) is 2.26. The molecule has 0 bridgehead atoms. The zero-order valence-corrected chi connectivity index (χ0v) is 11.2. The molecular weight excluding hydrogens is 241 g/mol. The smallest absolute Gasteiger partial charge is 0.311 e. The average molecular weight is 264 g/mol. The summed E-state index contributed by atoms with van der Waals surface area (Å²) in [7, 11) is 0. The van der Waals surface area contributed by atoms with Crippen molar-refractivity contribution in [3.8, 4) is 0 Å². The molecule has 1 aliphatic heterocycles. The van der Waals surface area contributed by atoms with Crippen molar-refractivity contribution in [3.63, 3.8) is 0 Å². The van der Waals surface area contributed by atoms with Crippen LogP contribution in [-0.4, -0.2) is 43.3 Å². The van der Waals surface area contributed by atoms with Gasteiger partial charge in [-0.15, -0.1) is 0 Å². The number of likely N-dealkylation sites (tertiary alicyclic amines) is 1. The van der Waals surface area contributed by atoms with E-state index in [1.165, 1.54) is 0 Å². The van der Waals surface area contributed by atoms with Crippen molar-refractivity contribution in [1.29, 1.82) is 0 Å². The number of halogens is 3. The summed E-state index contributed by atoms with van der Waals surface area (Å²) in [6.07, 6.45) is -3.59. The summed E-state index contributed by atoms with van der Waals surface area (Å²) in [5.41, 5.74) is 1.04. The van der Waals surface area contributed by atoms with Gasteiger partial charge in [-0.05, 0) is 31.5 Å². The van der Waals surface area contributed by atoms with E-state index < -0.39 is 12.1 Å². The fraction of sp³-hybridized carbons (Fsp3) is 0.846. The molecule has 0 unspecified atom stereocenters. The molecule has 0 atom stereocenters. The molecule has 18 heavy (non-hydrogen) atoms. The van der Waals surface area contributed by atoms with Crippen LogP contribution in [0.2, 0.25) is 0 Å². The van der Waals surface area contributed by atoms with Gasteiger partial charge in [-0.1, -0.05) is 20.4 Å². The number of piperidine rings is 1. The number of nitrogens with one attached hydrogen (secondary N) is 1. The highest BCUT2D eigenvalue weighted by Gasteiger charge is 2.40. The van der Waals surface area contributed by atoms with Gasteiger partial charge < -0.3 is 5.32 Å². The highest BCUT2D eigenvalue weighted by atomic mass is 19.4. The van der Waals surface area contributed by atoms with E-state index in [1.807, 2.05) is 0 Å². The van der Waals surface area contributed by atoms with Gasteiger partial charge in [0.2, 0.25) is 0 Å². The van der Waals surface area contributed by atoms with E-state index in [0.29, 0.717) is 25.7 Å². The van der Waals surface area contributed by atoms with Crippen LogP contribution < -0.4 is 5.32 Å². The highest BCUT2D eigenvalue weighted by molar-refractivity contribution is 5.00. The summed E-state index contributed by atoms with van der Waals surface area (Å²) >= 11 is 0. The Labute approximate surface area is 107 Å². The first-order valence-electron chi connectivity index (χ1n) is 6.48. The molecule has 1 heterocycles. The fourth-order valence-corrected chi connectivity index (χ4v) is 2.14. The Morgan fingerprint density at radius 2 is 1.89 bits per heavy atom. The number of nitrogens with zero attached hydrogens (tertiary/aromatic N) is 1. The van der Waals surface area contributed by atoms with Gasteiger partial charge in [0.15, 0.2) is 0 Å². The molecule has 0 aromatic carbocycles. The summed E-state index contributed by atoms with van der Waals surface area (Å²) in [4.78, 5) is 2.06. The summed E-state index contributed by atoms with van der Waals surface area (Å²) in [5, 5.41) is 3.26. The van der Waals surface area contributed by atoms with E-state index in [-0.39, 0.29) is 12.8 Å². The van der Waals surface area contributed by atoms with Gasteiger partial charge in [0.1, 0.15) is 0 Å². The van der Waals surface area contributed by atoms with Crippen LogP contribution in [0.3, 0.4) is 0 Å². The third kappa shape index (κ3) is 5.40. The quantitative estimate of drug-likeness (QED) is 0.768. The van der Waals surface area contributed by atoms with Gasteiger partial charge in [-0.3, -0.25) is 4.90 Å². The summed E-state index contributed by atoms with van der Waals surface area (Å²) in [6.45, 7) is 10.5. The lowest BCUT2D eigenvalue weighted by atomic mass is 9.96. The zero-order valence-electron chi connectivity index (χ0n) is 11.2.